The second-order valence-corrected chi connectivity index (χ2v) is 9.05. The third kappa shape index (κ3) is 4.80. The average molecular weight is 462 g/mol. The zero-order valence-electron chi connectivity index (χ0n) is 14.7. The van der Waals surface area contributed by atoms with Crippen molar-refractivity contribution in [2.45, 2.75) is 41.1 Å². The first-order valence-electron chi connectivity index (χ1n) is 9.06. The number of fused-ring (bicyclic) bond motifs is 2. The van der Waals surface area contributed by atoms with E-state index in [1.54, 1.807) is 24.7 Å². The molecule has 4 rings (SSSR count). The van der Waals surface area contributed by atoms with E-state index in [0.717, 1.165) is 3.63 Å². The van der Waals surface area contributed by atoms with Gasteiger partial charge in [-0.15, -0.1) is 0 Å². The summed E-state index contributed by atoms with van der Waals surface area (Å²) in [5.41, 5.74) is 5.92. The van der Waals surface area contributed by atoms with E-state index in [-0.39, 0.29) is 24.8 Å². The van der Waals surface area contributed by atoms with E-state index in [1.165, 1.54) is 47.9 Å². The zero-order chi connectivity index (χ0) is 16.4. The second-order valence-electron chi connectivity index (χ2n) is 7.04. The molecular weight excluding hydrogens is 438 g/mol. The van der Waals surface area contributed by atoms with Crippen molar-refractivity contribution in [3.05, 3.63) is 82.9 Å². The van der Waals surface area contributed by atoms with Gasteiger partial charge in [-0.05, 0) is 0 Å². The maximum absolute atomic E-state index is 2.41. The fraction of sp³-hybridized carbons (Fsp3) is 0.304. The van der Waals surface area contributed by atoms with Crippen LogP contribution in [0.2, 0.25) is 3.63 Å². The summed E-state index contributed by atoms with van der Waals surface area (Å²) in [7, 11) is 0. The van der Waals surface area contributed by atoms with Gasteiger partial charge in [-0.1, -0.05) is 0 Å². The summed E-state index contributed by atoms with van der Waals surface area (Å²) in [5.74, 6) is 1.30. The van der Waals surface area contributed by atoms with Gasteiger partial charge in [0.15, 0.2) is 0 Å². The van der Waals surface area contributed by atoms with Crippen molar-refractivity contribution in [2.24, 2.45) is 0 Å². The van der Waals surface area contributed by atoms with Crippen LogP contribution in [0.4, 0.5) is 0 Å². The first kappa shape index (κ1) is 21.7. The van der Waals surface area contributed by atoms with Crippen LogP contribution in [0, 0.1) is 0 Å². The number of hydrogen-bond acceptors (Lipinski definition) is 0. The molecule has 0 fully saturated rings. The zero-order valence-corrected chi connectivity index (χ0v) is 18.7. The molecule has 0 bridgehead atoms. The second kappa shape index (κ2) is 10.1. The van der Waals surface area contributed by atoms with Crippen LogP contribution in [-0.2, 0) is 24.7 Å². The van der Waals surface area contributed by atoms with Crippen molar-refractivity contribution >= 4 is 12.2 Å². The Labute approximate surface area is 184 Å². The topological polar surface area (TPSA) is 0 Å². The Balaban J connectivity index is 0.00000121. The molecule has 2 atom stereocenters. The van der Waals surface area contributed by atoms with Crippen molar-refractivity contribution < 1.29 is 49.5 Å². The summed E-state index contributed by atoms with van der Waals surface area (Å²) in [5, 5.41) is 0. The first-order chi connectivity index (χ1) is 11.8. The summed E-state index contributed by atoms with van der Waals surface area (Å²) >= 11 is 1.71. The number of rotatable bonds is 6. The molecule has 0 aliphatic heterocycles. The third-order valence-corrected chi connectivity index (χ3v) is 6.88. The van der Waals surface area contributed by atoms with Crippen LogP contribution in [0.3, 0.4) is 0 Å². The molecule has 0 amide bonds. The minimum atomic E-state index is 0. The molecule has 2 aromatic carbocycles. The van der Waals surface area contributed by atoms with Gasteiger partial charge in [-0.3, -0.25) is 0 Å². The monoisotopic (exact) mass is 459 g/mol. The molecule has 2 aromatic rings. The van der Waals surface area contributed by atoms with E-state index in [2.05, 4.69) is 72.8 Å². The molecule has 2 unspecified atom stereocenters. The predicted octanol–water partition coefficient (Wildman–Crippen LogP) is 0.511. The van der Waals surface area contributed by atoms with Crippen LogP contribution in [-0.4, -0.2) is 0 Å². The molecule has 0 radical (unpaired) electrons. The van der Waals surface area contributed by atoms with Crippen LogP contribution in [0.5, 0.6) is 0 Å². The average Bonchev–Trinajstić information content (AvgIpc) is 3.22. The molecule has 0 heterocycles. The molecule has 133 valence electrons. The van der Waals surface area contributed by atoms with Crippen molar-refractivity contribution in [1.29, 1.82) is 0 Å². The molecule has 26 heavy (non-hydrogen) atoms. The van der Waals surface area contributed by atoms with E-state index >= 15 is 0 Å². The molecule has 3 heteroatoms. The van der Waals surface area contributed by atoms with Crippen molar-refractivity contribution in [3.8, 4) is 0 Å². The Kier molecular flexibility index (Phi) is 8.40. The molecule has 2 aliphatic carbocycles. The van der Waals surface area contributed by atoms with Crippen molar-refractivity contribution in [3.63, 3.8) is 0 Å². The maximum atomic E-state index is 2.41. The van der Waals surface area contributed by atoms with Crippen LogP contribution < -0.4 is 24.8 Å². The fourth-order valence-electron chi connectivity index (χ4n) is 4.06. The van der Waals surface area contributed by atoms with Crippen LogP contribution in [0.1, 0.15) is 59.8 Å². The quantitative estimate of drug-likeness (QED) is 0.588. The molecule has 2 aliphatic rings. The van der Waals surface area contributed by atoms with Gasteiger partial charge in [0.2, 0.25) is 0 Å². The first-order valence-corrected chi connectivity index (χ1v) is 10.5. The Morgan fingerprint density at radius 1 is 0.692 bits per heavy atom. The van der Waals surface area contributed by atoms with E-state index < -0.39 is 0 Å². The van der Waals surface area contributed by atoms with E-state index in [0.29, 0.717) is 11.8 Å². The molecule has 0 saturated heterocycles. The Hall–Kier alpha value is -0.617. The Morgan fingerprint density at radius 3 is 1.58 bits per heavy atom. The molecular formula is C23H23Cl2Zr. The number of benzene rings is 2. The van der Waals surface area contributed by atoms with Gasteiger partial charge in [0.05, 0.1) is 0 Å². The van der Waals surface area contributed by atoms with Crippen molar-refractivity contribution in [2.75, 3.05) is 0 Å². The predicted molar refractivity (Wildman–Crippen MR) is 98.7 cm³/mol. The Morgan fingerprint density at radius 2 is 1.12 bits per heavy atom. The van der Waals surface area contributed by atoms with Gasteiger partial charge in [0.25, 0.3) is 0 Å². The van der Waals surface area contributed by atoms with Gasteiger partial charge in [-0.25, -0.2) is 0 Å². The Bertz CT molecular complexity index is 716. The summed E-state index contributed by atoms with van der Waals surface area (Å²) in [6.45, 7) is 0. The number of hydrogen-bond donors (Lipinski definition) is 0. The van der Waals surface area contributed by atoms with Crippen molar-refractivity contribution in [1.82, 2.24) is 0 Å². The van der Waals surface area contributed by atoms with E-state index in [1.807, 2.05) is 0 Å². The number of allylic oxidation sites excluding steroid dienone is 2. The summed E-state index contributed by atoms with van der Waals surface area (Å²) in [6.07, 6.45) is 14.8. The summed E-state index contributed by atoms with van der Waals surface area (Å²) in [6, 6.07) is 17.7. The van der Waals surface area contributed by atoms with E-state index in [4.69, 9.17) is 0 Å². The normalized spacial score (nSPS) is 20.1. The summed E-state index contributed by atoms with van der Waals surface area (Å²) in [4.78, 5) is 0. The standard InChI is InChI=1S/C23H23.2ClH.Zr/c1(2-8-18-14-16-20-10-4-6-12-22(18)20)3-9-19-15-17-21-11-5-7-13-23(19)21;;;/h1,4-7,10-19H,2-3,8-9H2;2*1H;/q;;;+2/p-2. The van der Waals surface area contributed by atoms with Gasteiger partial charge < -0.3 is 24.8 Å². The van der Waals surface area contributed by atoms with Gasteiger partial charge in [0.1, 0.15) is 0 Å². The molecule has 0 N–H and O–H groups in total. The minimum absolute atomic E-state index is 0. The van der Waals surface area contributed by atoms with E-state index in [9.17, 15) is 0 Å². The molecule has 0 spiro atoms. The van der Waals surface area contributed by atoms with Crippen LogP contribution in [0.15, 0.2) is 60.7 Å². The fourth-order valence-corrected chi connectivity index (χ4v) is 4.88. The molecule has 0 saturated carbocycles. The SMILES string of the molecule is [Cl-].[Cl-].[Zr+2][CH](CCC1C=Cc2ccccc21)CCC1C=Cc2ccccc21. The van der Waals surface area contributed by atoms with Crippen LogP contribution in [0.25, 0.3) is 12.2 Å². The molecule has 0 aromatic heterocycles. The van der Waals surface area contributed by atoms with Crippen LogP contribution >= 0.6 is 0 Å². The van der Waals surface area contributed by atoms with Gasteiger partial charge in [-0.2, -0.15) is 0 Å². The third-order valence-electron chi connectivity index (χ3n) is 5.46. The van der Waals surface area contributed by atoms with Gasteiger partial charge in [0, 0.05) is 0 Å². The summed E-state index contributed by atoms with van der Waals surface area (Å²) < 4.78 is 0.888. The molecule has 0 nitrogen and oxygen atoms in total. The van der Waals surface area contributed by atoms with Gasteiger partial charge >= 0.3 is 161 Å². The number of halogens is 2.